The van der Waals surface area contributed by atoms with Gasteiger partial charge in [0.1, 0.15) is 0 Å². The number of benzene rings is 1. The fourth-order valence-corrected chi connectivity index (χ4v) is 3.36. The normalized spacial score (nSPS) is 16.7. The van der Waals surface area contributed by atoms with E-state index in [9.17, 15) is 18.3 Å². The van der Waals surface area contributed by atoms with Crippen molar-refractivity contribution in [2.24, 2.45) is 0 Å². The van der Waals surface area contributed by atoms with Gasteiger partial charge in [-0.3, -0.25) is 4.90 Å². The minimum absolute atomic E-state index is 0.316. The van der Waals surface area contributed by atoms with Crippen molar-refractivity contribution in [1.29, 1.82) is 0 Å². The lowest BCUT2D eigenvalue weighted by molar-refractivity contribution is -0.137. The van der Waals surface area contributed by atoms with E-state index >= 15 is 0 Å². The molecule has 0 saturated heterocycles. The summed E-state index contributed by atoms with van der Waals surface area (Å²) >= 11 is 1.65. The molecule has 0 spiro atoms. The predicted molar refractivity (Wildman–Crippen MR) is 84.2 cm³/mol. The number of hydrogen-bond acceptors (Lipinski definition) is 3. The number of thiophene rings is 1. The third-order valence-corrected chi connectivity index (χ3v) is 4.87. The van der Waals surface area contributed by atoms with Crippen LogP contribution in [0.4, 0.5) is 13.2 Å². The molecular weight excluding hydrogens is 323 g/mol. The molecule has 1 aliphatic rings. The second-order valence-electron chi connectivity index (χ2n) is 5.88. The maximum atomic E-state index is 12.8. The van der Waals surface area contributed by atoms with Gasteiger partial charge in [-0.05, 0) is 42.0 Å². The van der Waals surface area contributed by atoms with Gasteiger partial charge in [0.25, 0.3) is 0 Å². The van der Waals surface area contributed by atoms with Crippen LogP contribution in [0.3, 0.4) is 0 Å². The van der Waals surface area contributed by atoms with Crippen LogP contribution in [0.1, 0.15) is 34.9 Å². The van der Waals surface area contributed by atoms with E-state index in [4.69, 9.17) is 0 Å². The van der Waals surface area contributed by atoms with Crippen LogP contribution in [-0.2, 0) is 12.7 Å². The van der Waals surface area contributed by atoms with Gasteiger partial charge in [0.15, 0.2) is 0 Å². The maximum Gasteiger partial charge on any atom is 0.416 e. The minimum Gasteiger partial charge on any atom is -0.387 e. The van der Waals surface area contributed by atoms with E-state index in [0.29, 0.717) is 18.2 Å². The molecule has 6 heteroatoms. The molecule has 1 aliphatic carbocycles. The van der Waals surface area contributed by atoms with Gasteiger partial charge < -0.3 is 5.11 Å². The van der Waals surface area contributed by atoms with Crippen LogP contribution in [0.15, 0.2) is 41.8 Å². The molecule has 3 rings (SSSR count). The van der Waals surface area contributed by atoms with Gasteiger partial charge in [0, 0.05) is 24.0 Å². The lowest BCUT2D eigenvalue weighted by atomic mass is 10.1. The quantitative estimate of drug-likeness (QED) is 0.838. The summed E-state index contributed by atoms with van der Waals surface area (Å²) in [6.45, 7) is 1.09. The molecule has 0 bridgehead atoms. The summed E-state index contributed by atoms with van der Waals surface area (Å²) in [5.74, 6) is 0. The highest BCUT2D eigenvalue weighted by molar-refractivity contribution is 7.09. The van der Waals surface area contributed by atoms with Crippen molar-refractivity contribution in [3.63, 3.8) is 0 Å². The van der Waals surface area contributed by atoms with Gasteiger partial charge in [-0.15, -0.1) is 11.3 Å². The Kier molecular flexibility index (Phi) is 4.75. The van der Waals surface area contributed by atoms with E-state index in [-0.39, 0.29) is 0 Å². The molecule has 0 radical (unpaired) electrons. The van der Waals surface area contributed by atoms with Crippen molar-refractivity contribution in [3.05, 3.63) is 57.8 Å². The molecule has 0 unspecified atom stereocenters. The molecule has 1 aromatic heterocycles. The van der Waals surface area contributed by atoms with Crippen LogP contribution in [0, 0.1) is 0 Å². The number of alkyl halides is 3. The van der Waals surface area contributed by atoms with E-state index in [2.05, 4.69) is 4.90 Å². The maximum absolute atomic E-state index is 12.8. The first kappa shape index (κ1) is 16.5. The van der Waals surface area contributed by atoms with E-state index in [1.54, 1.807) is 17.4 Å². The summed E-state index contributed by atoms with van der Waals surface area (Å²) in [6.07, 6.45) is -3.14. The molecule has 1 N–H and O–H groups in total. The third kappa shape index (κ3) is 4.34. The summed E-state index contributed by atoms with van der Waals surface area (Å²) in [7, 11) is 0. The van der Waals surface area contributed by atoms with Gasteiger partial charge >= 0.3 is 6.18 Å². The summed E-state index contributed by atoms with van der Waals surface area (Å²) in [5, 5.41) is 12.4. The molecule has 1 aromatic carbocycles. The van der Waals surface area contributed by atoms with Crippen molar-refractivity contribution >= 4 is 11.3 Å². The molecule has 1 atom stereocenters. The molecule has 2 aromatic rings. The molecule has 0 amide bonds. The highest BCUT2D eigenvalue weighted by Crippen LogP contribution is 2.33. The van der Waals surface area contributed by atoms with E-state index in [1.165, 1.54) is 10.9 Å². The summed E-state index contributed by atoms with van der Waals surface area (Å²) in [5.41, 5.74) is -0.401. The van der Waals surface area contributed by atoms with Crippen molar-refractivity contribution in [1.82, 2.24) is 4.90 Å². The average Bonchev–Trinajstić information content (AvgIpc) is 3.24. The smallest absolute Gasteiger partial charge is 0.387 e. The van der Waals surface area contributed by atoms with Crippen molar-refractivity contribution in [2.45, 2.75) is 37.7 Å². The Morgan fingerprint density at radius 3 is 2.61 bits per heavy atom. The van der Waals surface area contributed by atoms with Gasteiger partial charge in [-0.2, -0.15) is 13.2 Å². The zero-order valence-electron chi connectivity index (χ0n) is 12.5. The Balaban J connectivity index is 1.70. The van der Waals surface area contributed by atoms with Crippen LogP contribution in [0.5, 0.6) is 0 Å². The number of nitrogens with zero attached hydrogens (tertiary/aromatic N) is 1. The predicted octanol–water partition coefficient (Wildman–Crippen LogP) is 4.46. The molecular formula is C17H18F3NOS. The first-order valence-electron chi connectivity index (χ1n) is 7.55. The first-order valence-corrected chi connectivity index (χ1v) is 8.43. The Hall–Kier alpha value is -1.37. The summed E-state index contributed by atoms with van der Waals surface area (Å²) in [4.78, 5) is 3.37. The molecule has 0 aliphatic heterocycles. The van der Waals surface area contributed by atoms with Crippen molar-refractivity contribution < 1.29 is 18.3 Å². The Morgan fingerprint density at radius 1 is 1.22 bits per heavy atom. The lowest BCUT2D eigenvalue weighted by Crippen LogP contribution is -2.30. The zero-order valence-corrected chi connectivity index (χ0v) is 13.3. The van der Waals surface area contributed by atoms with Gasteiger partial charge in [-0.1, -0.05) is 18.2 Å². The highest BCUT2D eigenvalue weighted by atomic mass is 32.1. The average molecular weight is 341 g/mol. The molecule has 1 heterocycles. The zero-order chi connectivity index (χ0) is 16.4. The van der Waals surface area contributed by atoms with Crippen molar-refractivity contribution in [2.75, 3.05) is 6.54 Å². The van der Waals surface area contributed by atoms with Crippen LogP contribution >= 0.6 is 11.3 Å². The number of halogens is 3. The van der Waals surface area contributed by atoms with Gasteiger partial charge in [-0.25, -0.2) is 0 Å². The third-order valence-electron chi connectivity index (χ3n) is 4.01. The van der Waals surface area contributed by atoms with Gasteiger partial charge in [0.05, 0.1) is 11.7 Å². The van der Waals surface area contributed by atoms with Crippen LogP contribution in [0.25, 0.3) is 0 Å². The second kappa shape index (κ2) is 6.63. The van der Waals surface area contributed by atoms with Gasteiger partial charge in [0.2, 0.25) is 0 Å². The Labute approximate surface area is 137 Å². The molecule has 1 saturated carbocycles. The number of aliphatic hydroxyl groups is 1. The standard InChI is InChI=1S/C17H18F3NOS/c18-17(19,20)13-4-1-3-12(9-13)16(22)11-21(14-6-7-14)10-15-5-2-8-23-15/h1-5,8-9,14,16,22H,6-7,10-11H2/t16-/m1/s1. The topological polar surface area (TPSA) is 23.5 Å². The second-order valence-corrected chi connectivity index (χ2v) is 6.91. The Morgan fingerprint density at radius 2 is 2.00 bits per heavy atom. The first-order chi connectivity index (χ1) is 10.9. The Bertz CT molecular complexity index is 638. The van der Waals surface area contributed by atoms with E-state index in [1.807, 2.05) is 17.5 Å². The van der Waals surface area contributed by atoms with Crippen LogP contribution in [0.2, 0.25) is 0 Å². The van der Waals surface area contributed by atoms with Crippen LogP contribution < -0.4 is 0 Å². The highest BCUT2D eigenvalue weighted by Gasteiger charge is 2.33. The SMILES string of the molecule is O[C@H](CN(Cc1cccs1)C1CC1)c1cccc(C(F)(F)F)c1. The molecule has 124 valence electrons. The monoisotopic (exact) mass is 341 g/mol. The minimum atomic E-state index is -4.39. The van der Waals surface area contributed by atoms with Crippen molar-refractivity contribution in [3.8, 4) is 0 Å². The summed E-state index contributed by atoms with van der Waals surface area (Å²) < 4.78 is 38.4. The molecule has 1 fully saturated rings. The largest absolute Gasteiger partial charge is 0.416 e. The molecule has 2 nitrogen and oxygen atoms in total. The number of aliphatic hydroxyl groups excluding tert-OH is 1. The van der Waals surface area contributed by atoms with E-state index in [0.717, 1.165) is 31.5 Å². The number of rotatable bonds is 6. The van der Waals surface area contributed by atoms with E-state index < -0.39 is 17.8 Å². The number of hydrogen-bond donors (Lipinski definition) is 1. The lowest BCUT2D eigenvalue weighted by Gasteiger charge is -2.25. The summed E-state index contributed by atoms with van der Waals surface area (Å²) in [6, 6.07) is 9.42. The molecule has 23 heavy (non-hydrogen) atoms. The van der Waals surface area contributed by atoms with Crippen LogP contribution in [-0.4, -0.2) is 22.6 Å². The fraction of sp³-hybridized carbons (Fsp3) is 0.412. The fourth-order valence-electron chi connectivity index (χ4n) is 2.63.